The molecular formula is C11H13NO5. The number of nitrogens with two attached hydrogens (primary N) is 1. The fourth-order valence-corrected chi connectivity index (χ4v) is 1.21. The van der Waals surface area contributed by atoms with Crippen LogP contribution in [0.5, 0.6) is 5.75 Å². The summed E-state index contributed by atoms with van der Waals surface area (Å²) >= 11 is 0. The van der Waals surface area contributed by atoms with E-state index in [0.29, 0.717) is 5.75 Å². The molecule has 6 heteroatoms. The fraction of sp³-hybridized carbons (Fsp3) is 0.273. The van der Waals surface area contributed by atoms with E-state index >= 15 is 0 Å². The molecule has 0 bridgehead atoms. The molecule has 3 N–H and O–H groups in total. The van der Waals surface area contributed by atoms with E-state index in [2.05, 4.69) is 0 Å². The number of benzene rings is 1. The third kappa shape index (κ3) is 3.37. The van der Waals surface area contributed by atoms with Crippen LogP contribution in [0.25, 0.3) is 0 Å². The molecule has 0 saturated carbocycles. The van der Waals surface area contributed by atoms with Crippen LogP contribution >= 0.6 is 0 Å². The van der Waals surface area contributed by atoms with Crippen molar-refractivity contribution >= 4 is 17.6 Å². The third-order valence-electron chi connectivity index (χ3n) is 2.06. The molecule has 0 amide bonds. The maximum Gasteiger partial charge on any atom is 0.340 e. The van der Waals surface area contributed by atoms with E-state index in [9.17, 15) is 9.59 Å². The minimum absolute atomic E-state index is 0.162. The summed E-state index contributed by atoms with van der Waals surface area (Å²) in [5.74, 6) is -1.32. The number of carboxylic acids is 1. The first-order valence-corrected chi connectivity index (χ1v) is 4.87. The number of esters is 1. The van der Waals surface area contributed by atoms with Crippen LogP contribution in [0.3, 0.4) is 0 Å². The van der Waals surface area contributed by atoms with Crippen LogP contribution in [-0.4, -0.2) is 30.8 Å². The summed E-state index contributed by atoms with van der Waals surface area (Å²) in [5, 5.41) is 8.40. The van der Waals surface area contributed by atoms with Crippen molar-refractivity contribution in [3.05, 3.63) is 23.8 Å². The Morgan fingerprint density at radius 1 is 1.41 bits per heavy atom. The van der Waals surface area contributed by atoms with Gasteiger partial charge in [-0.1, -0.05) is 6.07 Å². The Kier molecular flexibility index (Phi) is 4.33. The molecule has 1 aromatic carbocycles. The van der Waals surface area contributed by atoms with Crippen molar-refractivity contribution in [3.8, 4) is 5.75 Å². The maximum absolute atomic E-state index is 11.6. The van der Waals surface area contributed by atoms with Gasteiger partial charge in [0.2, 0.25) is 0 Å². The second-order valence-corrected chi connectivity index (χ2v) is 3.20. The molecule has 0 radical (unpaired) electrons. The highest BCUT2D eigenvalue weighted by atomic mass is 16.5. The lowest BCUT2D eigenvalue weighted by atomic mass is 10.1. The van der Waals surface area contributed by atoms with Crippen molar-refractivity contribution in [2.45, 2.75) is 6.42 Å². The number of ether oxygens (including phenoxy) is 2. The number of aliphatic carboxylic acids is 1. The van der Waals surface area contributed by atoms with E-state index in [4.69, 9.17) is 20.3 Å². The van der Waals surface area contributed by atoms with E-state index in [0.717, 1.165) is 0 Å². The van der Waals surface area contributed by atoms with Gasteiger partial charge in [-0.15, -0.1) is 0 Å². The van der Waals surface area contributed by atoms with Gasteiger partial charge in [-0.2, -0.15) is 0 Å². The molecule has 1 rings (SSSR count). The summed E-state index contributed by atoms with van der Waals surface area (Å²) in [6.45, 7) is -0.190. The van der Waals surface area contributed by atoms with Crippen LogP contribution in [0, 0.1) is 0 Å². The number of carboxylic acid groups (broad SMARTS) is 1. The average Bonchev–Trinajstić information content (AvgIpc) is 2.28. The molecule has 0 aromatic heterocycles. The Balaban J connectivity index is 2.72. The number of carbonyl (C=O) groups excluding carboxylic acids is 1. The topological polar surface area (TPSA) is 98.8 Å². The van der Waals surface area contributed by atoms with Crippen LogP contribution < -0.4 is 10.5 Å². The molecule has 0 unspecified atom stereocenters. The highest BCUT2D eigenvalue weighted by molar-refractivity contribution is 5.96. The Hall–Kier alpha value is -2.24. The van der Waals surface area contributed by atoms with E-state index in [1.54, 1.807) is 12.1 Å². The van der Waals surface area contributed by atoms with Gasteiger partial charge in [-0.3, -0.25) is 4.79 Å². The fourth-order valence-electron chi connectivity index (χ4n) is 1.21. The smallest absolute Gasteiger partial charge is 0.340 e. The standard InChI is InChI=1S/C11H13NO5/c1-16-8-4-2-3-7(10(8)12)11(15)17-6-5-9(13)14/h2-4H,5-6,12H2,1H3,(H,13,14). The predicted octanol–water partition coefficient (Wildman–Crippen LogP) is 0.909. The summed E-state index contributed by atoms with van der Waals surface area (Å²) in [7, 11) is 1.44. The molecule has 0 aliphatic heterocycles. The largest absolute Gasteiger partial charge is 0.495 e. The van der Waals surface area contributed by atoms with Gasteiger partial charge in [0, 0.05) is 0 Å². The number of nitrogen functional groups attached to an aromatic ring is 1. The van der Waals surface area contributed by atoms with E-state index in [-0.39, 0.29) is 24.3 Å². The maximum atomic E-state index is 11.6. The second-order valence-electron chi connectivity index (χ2n) is 3.20. The normalized spacial score (nSPS) is 9.71. The zero-order chi connectivity index (χ0) is 12.8. The molecule has 0 fully saturated rings. The first kappa shape index (κ1) is 12.8. The summed E-state index contributed by atoms with van der Waals surface area (Å²) in [5.41, 5.74) is 6.02. The number of carbonyl (C=O) groups is 2. The van der Waals surface area contributed by atoms with E-state index in [1.807, 2.05) is 0 Å². The van der Waals surface area contributed by atoms with Crippen LogP contribution in [0.1, 0.15) is 16.8 Å². The number of anilines is 1. The Morgan fingerprint density at radius 3 is 2.71 bits per heavy atom. The minimum Gasteiger partial charge on any atom is -0.495 e. The van der Waals surface area contributed by atoms with Gasteiger partial charge in [-0.05, 0) is 12.1 Å². The molecule has 1 aromatic rings. The van der Waals surface area contributed by atoms with Crippen molar-refractivity contribution in [1.29, 1.82) is 0 Å². The minimum atomic E-state index is -1.03. The zero-order valence-corrected chi connectivity index (χ0v) is 9.30. The molecule has 0 spiro atoms. The summed E-state index contributed by atoms with van der Waals surface area (Å²) in [6, 6.07) is 4.70. The van der Waals surface area contributed by atoms with Crippen molar-refractivity contribution in [2.75, 3.05) is 19.5 Å². The van der Waals surface area contributed by atoms with Gasteiger partial charge < -0.3 is 20.3 Å². The Morgan fingerprint density at radius 2 is 2.12 bits per heavy atom. The number of para-hydroxylation sites is 1. The molecule has 0 aliphatic carbocycles. The highest BCUT2D eigenvalue weighted by Crippen LogP contribution is 2.25. The summed E-state index contributed by atoms with van der Waals surface area (Å²) in [4.78, 5) is 21.8. The third-order valence-corrected chi connectivity index (χ3v) is 2.06. The van der Waals surface area contributed by atoms with Gasteiger partial charge in [0.05, 0.1) is 24.8 Å². The summed E-state index contributed by atoms with van der Waals surface area (Å²) < 4.78 is 9.72. The predicted molar refractivity (Wildman–Crippen MR) is 59.9 cm³/mol. The lowest BCUT2D eigenvalue weighted by Gasteiger charge is -2.09. The van der Waals surface area contributed by atoms with Gasteiger partial charge >= 0.3 is 11.9 Å². The summed E-state index contributed by atoms with van der Waals surface area (Å²) in [6.07, 6.45) is -0.240. The molecular weight excluding hydrogens is 226 g/mol. The molecule has 0 saturated heterocycles. The first-order chi connectivity index (χ1) is 8.06. The molecule has 6 nitrogen and oxygen atoms in total. The molecule has 92 valence electrons. The van der Waals surface area contributed by atoms with Crippen LogP contribution in [0.15, 0.2) is 18.2 Å². The van der Waals surface area contributed by atoms with Crippen LogP contribution in [0.2, 0.25) is 0 Å². The molecule has 0 atom stereocenters. The molecule has 0 heterocycles. The monoisotopic (exact) mass is 239 g/mol. The average molecular weight is 239 g/mol. The lowest BCUT2D eigenvalue weighted by molar-refractivity contribution is -0.137. The highest BCUT2D eigenvalue weighted by Gasteiger charge is 2.14. The van der Waals surface area contributed by atoms with Gasteiger partial charge in [0.15, 0.2) is 0 Å². The number of methoxy groups -OCH3 is 1. The number of hydrogen-bond acceptors (Lipinski definition) is 5. The van der Waals surface area contributed by atoms with E-state index < -0.39 is 11.9 Å². The Labute approximate surface area is 97.9 Å². The van der Waals surface area contributed by atoms with Gasteiger partial charge in [0.1, 0.15) is 12.4 Å². The van der Waals surface area contributed by atoms with Gasteiger partial charge in [-0.25, -0.2) is 4.79 Å². The first-order valence-electron chi connectivity index (χ1n) is 4.87. The van der Waals surface area contributed by atoms with Crippen molar-refractivity contribution in [1.82, 2.24) is 0 Å². The lowest BCUT2D eigenvalue weighted by Crippen LogP contribution is -2.12. The second kappa shape index (κ2) is 5.74. The van der Waals surface area contributed by atoms with Crippen LogP contribution in [0.4, 0.5) is 5.69 Å². The van der Waals surface area contributed by atoms with Crippen molar-refractivity contribution < 1.29 is 24.2 Å². The SMILES string of the molecule is COc1cccc(C(=O)OCCC(=O)O)c1N. The van der Waals surface area contributed by atoms with Crippen LogP contribution in [-0.2, 0) is 9.53 Å². The molecule has 0 aliphatic rings. The van der Waals surface area contributed by atoms with Crippen molar-refractivity contribution in [3.63, 3.8) is 0 Å². The zero-order valence-electron chi connectivity index (χ0n) is 9.30. The number of hydrogen-bond donors (Lipinski definition) is 2. The van der Waals surface area contributed by atoms with E-state index in [1.165, 1.54) is 13.2 Å². The number of rotatable bonds is 5. The molecule has 17 heavy (non-hydrogen) atoms. The quantitative estimate of drug-likeness (QED) is 0.585. The Bertz CT molecular complexity index is 430. The van der Waals surface area contributed by atoms with Gasteiger partial charge in [0.25, 0.3) is 0 Å². The van der Waals surface area contributed by atoms with Crippen molar-refractivity contribution in [2.24, 2.45) is 0 Å².